The molecule has 10 heteroatoms. The van der Waals surface area contributed by atoms with Crippen molar-refractivity contribution in [3.8, 4) is 5.75 Å². The van der Waals surface area contributed by atoms with Gasteiger partial charge in [0.1, 0.15) is 11.8 Å². The number of rotatable bonds is 5. The van der Waals surface area contributed by atoms with Gasteiger partial charge in [-0.2, -0.15) is 4.31 Å². The molecule has 1 fully saturated rings. The first-order chi connectivity index (χ1) is 10.3. The maximum absolute atomic E-state index is 12.6. The van der Waals surface area contributed by atoms with Crippen molar-refractivity contribution < 1.29 is 28.0 Å². The fourth-order valence-corrected chi connectivity index (χ4v) is 4.18. The summed E-state index contributed by atoms with van der Waals surface area (Å²) in [5, 5.41) is 20.2. The molecule has 0 saturated carbocycles. The van der Waals surface area contributed by atoms with Crippen molar-refractivity contribution in [1.82, 2.24) is 4.31 Å². The summed E-state index contributed by atoms with van der Waals surface area (Å²) in [7, 11) is -2.98. The zero-order valence-corrected chi connectivity index (χ0v) is 12.4. The number of hydrogen-bond donors (Lipinski definition) is 1. The van der Waals surface area contributed by atoms with Crippen LogP contribution in [0.3, 0.4) is 0 Å². The molecule has 0 unspecified atom stereocenters. The van der Waals surface area contributed by atoms with E-state index in [1.54, 1.807) is 0 Å². The number of aliphatic carboxylic acids is 1. The van der Waals surface area contributed by atoms with Gasteiger partial charge in [0.05, 0.1) is 18.1 Å². The SMILES string of the molecule is COc1ccc(S(=O)(=O)N2CCC[C@@H]2C(=O)O)c([N+](=O)[O-])c1. The van der Waals surface area contributed by atoms with Crippen LogP contribution in [-0.4, -0.2) is 48.4 Å². The average molecular weight is 330 g/mol. The fourth-order valence-electron chi connectivity index (χ4n) is 2.39. The largest absolute Gasteiger partial charge is 0.497 e. The second-order valence-electron chi connectivity index (χ2n) is 4.70. The fraction of sp³-hybridized carbons (Fsp3) is 0.417. The Morgan fingerprint density at radius 2 is 2.18 bits per heavy atom. The molecule has 0 aliphatic carbocycles. The molecule has 1 heterocycles. The lowest BCUT2D eigenvalue weighted by Gasteiger charge is -2.20. The number of nitro groups is 1. The van der Waals surface area contributed by atoms with Crippen LogP contribution in [0, 0.1) is 10.1 Å². The first-order valence-corrected chi connectivity index (χ1v) is 7.80. The Morgan fingerprint density at radius 3 is 2.73 bits per heavy atom. The van der Waals surface area contributed by atoms with E-state index in [1.165, 1.54) is 13.2 Å². The summed E-state index contributed by atoms with van der Waals surface area (Å²) in [5.74, 6) is -1.13. The van der Waals surface area contributed by atoms with Crippen molar-refractivity contribution >= 4 is 21.7 Å². The summed E-state index contributed by atoms with van der Waals surface area (Å²) in [6, 6.07) is 2.14. The minimum absolute atomic E-state index is 0.0164. The molecule has 1 atom stereocenters. The van der Waals surface area contributed by atoms with Crippen molar-refractivity contribution in [2.75, 3.05) is 13.7 Å². The lowest BCUT2D eigenvalue weighted by Crippen LogP contribution is -2.40. The minimum Gasteiger partial charge on any atom is -0.497 e. The average Bonchev–Trinajstić information content (AvgIpc) is 2.96. The number of carbonyl (C=O) groups is 1. The Hall–Kier alpha value is -2.20. The minimum atomic E-state index is -4.28. The summed E-state index contributed by atoms with van der Waals surface area (Å²) >= 11 is 0. The molecule has 0 bridgehead atoms. The van der Waals surface area contributed by atoms with Gasteiger partial charge in [0.25, 0.3) is 15.7 Å². The summed E-state index contributed by atoms with van der Waals surface area (Å²) in [6.45, 7) is 0.0164. The Bertz CT molecular complexity index is 716. The molecule has 22 heavy (non-hydrogen) atoms. The molecule has 1 aromatic rings. The molecule has 1 saturated heterocycles. The number of nitrogens with zero attached hydrogens (tertiary/aromatic N) is 2. The third-order valence-electron chi connectivity index (χ3n) is 3.44. The monoisotopic (exact) mass is 330 g/mol. The smallest absolute Gasteiger partial charge is 0.322 e. The highest BCUT2D eigenvalue weighted by Gasteiger charge is 2.42. The van der Waals surface area contributed by atoms with Crippen LogP contribution < -0.4 is 4.74 Å². The van der Waals surface area contributed by atoms with Crippen LogP contribution in [0.4, 0.5) is 5.69 Å². The topological polar surface area (TPSA) is 127 Å². The van der Waals surface area contributed by atoms with E-state index in [2.05, 4.69) is 0 Å². The van der Waals surface area contributed by atoms with Crippen LogP contribution in [0.15, 0.2) is 23.1 Å². The van der Waals surface area contributed by atoms with Gasteiger partial charge in [0, 0.05) is 6.54 Å². The Kier molecular flexibility index (Phi) is 4.33. The van der Waals surface area contributed by atoms with Crippen molar-refractivity contribution in [3.63, 3.8) is 0 Å². The summed E-state index contributed by atoms with van der Waals surface area (Å²) in [4.78, 5) is 20.9. The van der Waals surface area contributed by atoms with Crippen LogP contribution in [0.25, 0.3) is 0 Å². The molecule has 9 nitrogen and oxygen atoms in total. The van der Waals surface area contributed by atoms with E-state index < -0.39 is 37.5 Å². The maximum atomic E-state index is 12.6. The predicted molar refractivity (Wildman–Crippen MR) is 74.2 cm³/mol. The predicted octanol–water partition coefficient (Wildman–Crippen LogP) is 0.841. The van der Waals surface area contributed by atoms with Gasteiger partial charge in [-0.3, -0.25) is 14.9 Å². The van der Waals surface area contributed by atoms with E-state index in [-0.39, 0.29) is 18.7 Å². The van der Waals surface area contributed by atoms with Crippen molar-refractivity contribution in [2.24, 2.45) is 0 Å². The molecule has 2 rings (SSSR count). The van der Waals surface area contributed by atoms with Crippen LogP contribution in [0.5, 0.6) is 5.75 Å². The van der Waals surface area contributed by atoms with Crippen LogP contribution in [0.2, 0.25) is 0 Å². The first kappa shape index (κ1) is 16.2. The Morgan fingerprint density at radius 1 is 1.50 bits per heavy atom. The molecule has 0 spiro atoms. The number of ether oxygens (including phenoxy) is 1. The molecule has 1 aliphatic rings. The van der Waals surface area contributed by atoms with E-state index in [0.29, 0.717) is 6.42 Å². The first-order valence-electron chi connectivity index (χ1n) is 6.36. The number of nitro benzene ring substituents is 1. The van der Waals surface area contributed by atoms with Crippen molar-refractivity contribution in [3.05, 3.63) is 28.3 Å². The molecular weight excluding hydrogens is 316 g/mol. The summed E-state index contributed by atoms with van der Waals surface area (Å²) in [5.41, 5.74) is -0.643. The van der Waals surface area contributed by atoms with Gasteiger partial charge in [0.15, 0.2) is 4.90 Å². The number of benzene rings is 1. The van der Waals surface area contributed by atoms with E-state index in [9.17, 15) is 23.3 Å². The summed E-state index contributed by atoms with van der Waals surface area (Å²) < 4.78 is 30.8. The van der Waals surface area contributed by atoms with Gasteiger partial charge in [-0.05, 0) is 25.0 Å². The van der Waals surface area contributed by atoms with Gasteiger partial charge in [-0.15, -0.1) is 0 Å². The van der Waals surface area contributed by atoms with E-state index >= 15 is 0 Å². The van der Waals surface area contributed by atoms with Gasteiger partial charge in [-0.1, -0.05) is 0 Å². The van der Waals surface area contributed by atoms with Crippen LogP contribution in [0.1, 0.15) is 12.8 Å². The maximum Gasteiger partial charge on any atom is 0.322 e. The molecule has 1 aromatic carbocycles. The zero-order chi connectivity index (χ0) is 16.5. The number of hydrogen-bond acceptors (Lipinski definition) is 6. The van der Waals surface area contributed by atoms with Gasteiger partial charge in [-0.25, -0.2) is 8.42 Å². The lowest BCUT2D eigenvalue weighted by atomic mass is 10.2. The standard InChI is InChI=1S/C12H14N2O7S/c1-21-8-4-5-11(10(7-8)14(17)18)22(19,20)13-6-2-3-9(13)12(15)16/h4-5,7,9H,2-3,6H2,1H3,(H,15,16)/t9-/m1/s1. The normalized spacial score (nSPS) is 19.0. The van der Waals surface area contributed by atoms with E-state index in [0.717, 1.165) is 16.4 Å². The molecule has 1 N–H and O–H groups in total. The van der Waals surface area contributed by atoms with Gasteiger partial charge < -0.3 is 9.84 Å². The highest BCUT2D eigenvalue weighted by molar-refractivity contribution is 7.89. The van der Waals surface area contributed by atoms with E-state index in [1.807, 2.05) is 0 Å². The number of methoxy groups -OCH3 is 1. The molecule has 0 radical (unpaired) electrons. The van der Waals surface area contributed by atoms with Crippen molar-refractivity contribution in [2.45, 2.75) is 23.8 Å². The molecule has 1 aliphatic heterocycles. The zero-order valence-electron chi connectivity index (χ0n) is 11.6. The molecule has 0 amide bonds. The summed E-state index contributed by atoms with van der Waals surface area (Å²) in [6.07, 6.45) is 0.568. The highest BCUT2D eigenvalue weighted by Crippen LogP contribution is 2.33. The molecular formula is C12H14N2O7S. The second-order valence-corrected chi connectivity index (χ2v) is 6.56. The Balaban J connectivity index is 2.54. The number of carboxylic acid groups (broad SMARTS) is 1. The van der Waals surface area contributed by atoms with Gasteiger partial charge >= 0.3 is 5.97 Å². The second kappa shape index (κ2) is 5.89. The van der Waals surface area contributed by atoms with E-state index in [4.69, 9.17) is 9.84 Å². The number of sulfonamides is 1. The van der Waals surface area contributed by atoms with Crippen LogP contribution >= 0.6 is 0 Å². The Labute approximate surface area is 126 Å². The molecule has 120 valence electrons. The quantitative estimate of drug-likeness (QED) is 0.626. The third kappa shape index (κ3) is 2.74. The van der Waals surface area contributed by atoms with Gasteiger partial charge in [0.2, 0.25) is 0 Å². The third-order valence-corrected chi connectivity index (χ3v) is 5.39. The highest BCUT2D eigenvalue weighted by atomic mass is 32.2. The number of carboxylic acids is 1. The lowest BCUT2D eigenvalue weighted by molar-refractivity contribution is -0.387. The van der Waals surface area contributed by atoms with Crippen LogP contribution in [-0.2, 0) is 14.8 Å². The molecule has 0 aromatic heterocycles. The van der Waals surface area contributed by atoms with Crippen molar-refractivity contribution in [1.29, 1.82) is 0 Å².